The Morgan fingerprint density at radius 2 is 1.81 bits per heavy atom. The number of nitrogens with zero attached hydrogens (tertiary/aromatic N) is 3. The molecule has 0 radical (unpaired) electrons. The molecule has 1 aromatic heterocycles. The van der Waals surface area contributed by atoms with Crippen LogP contribution >= 0.6 is 0 Å². The van der Waals surface area contributed by atoms with Crippen LogP contribution in [0.2, 0.25) is 0 Å². The van der Waals surface area contributed by atoms with Crippen LogP contribution in [0.1, 0.15) is 62.0 Å². The van der Waals surface area contributed by atoms with Crippen molar-refractivity contribution in [3.63, 3.8) is 0 Å². The number of benzene rings is 2. The lowest BCUT2D eigenvalue weighted by Gasteiger charge is -2.38. The first-order chi connectivity index (χ1) is 20.1. The zero-order valence-electron chi connectivity index (χ0n) is 24.5. The minimum absolute atomic E-state index is 0.0287. The minimum atomic E-state index is -4.84. The van der Waals surface area contributed by atoms with Crippen LogP contribution in [0.3, 0.4) is 0 Å². The molecule has 2 aromatic carbocycles. The summed E-state index contributed by atoms with van der Waals surface area (Å²) in [5, 5.41) is 15.3. The van der Waals surface area contributed by atoms with Crippen molar-refractivity contribution in [1.82, 2.24) is 20.4 Å². The molecular weight excluding hydrogens is 566 g/mol. The fourth-order valence-corrected chi connectivity index (χ4v) is 5.72. The Morgan fingerprint density at radius 3 is 2.42 bits per heavy atom. The van der Waals surface area contributed by atoms with E-state index >= 15 is 0 Å². The van der Waals surface area contributed by atoms with E-state index in [-0.39, 0.29) is 23.1 Å². The number of amides is 2. The number of nitriles is 1. The van der Waals surface area contributed by atoms with Gasteiger partial charge < -0.3 is 19.5 Å². The van der Waals surface area contributed by atoms with Crippen molar-refractivity contribution in [1.29, 1.82) is 5.26 Å². The first-order valence-corrected chi connectivity index (χ1v) is 14.3. The zero-order chi connectivity index (χ0) is 31.3. The summed E-state index contributed by atoms with van der Waals surface area (Å²) in [5.41, 5.74) is -2.27. The highest BCUT2D eigenvalue weighted by molar-refractivity contribution is 6.08. The molecule has 2 heterocycles. The molecule has 230 valence electrons. The maximum Gasteiger partial charge on any atom is 0.407 e. The maximum atomic E-state index is 14.6. The number of carbonyl (C=O) groups is 2. The molecule has 1 saturated heterocycles. The van der Waals surface area contributed by atoms with Gasteiger partial charge in [-0.15, -0.1) is 0 Å². The lowest BCUT2D eigenvalue weighted by Crippen LogP contribution is -2.53. The van der Waals surface area contributed by atoms with Gasteiger partial charge in [0.1, 0.15) is 28.4 Å². The molecule has 1 aliphatic heterocycles. The highest BCUT2D eigenvalue weighted by Crippen LogP contribution is 2.38. The predicted octanol–water partition coefficient (Wildman–Crippen LogP) is 5.23. The second-order valence-corrected chi connectivity index (χ2v) is 12.5. The number of fused-ring (bicyclic) bond motifs is 3. The fourth-order valence-electron chi connectivity index (χ4n) is 5.72. The Labute approximate surface area is 247 Å². The number of alkyl halides is 4. The van der Waals surface area contributed by atoms with Crippen molar-refractivity contribution in [2.75, 3.05) is 26.7 Å². The summed E-state index contributed by atoms with van der Waals surface area (Å²) in [6.07, 6.45) is -4.62. The van der Waals surface area contributed by atoms with E-state index in [2.05, 4.69) is 15.5 Å². The first-order valence-electron chi connectivity index (χ1n) is 14.3. The van der Waals surface area contributed by atoms with Crippen molar-refractivity contribution >= 4 is 33.8 Å². The summed E-state index contributed by atoms with van der Waals surface area (Å²) >= 11 is 0. The van der Waals surface area contributed by atoms with Gasteiger partial charge in [0, 0.05) is 48.4 Å². The number of rotatable bonds is 8. The number of carbonyl (C=O) groups excluding carboxylic acids is 2. The van der Waals surface area contributed by atoms with Gasteiger partial charge >= 0.3 is 6.18 Å². The van der Waals surface area contributed by atoms with Gasteiger partial charge in [0.15, 0.2) is 0 Å². The minimum Gasteiger partial charge on any atom is -0.456 e. The molecule has 2 N–H and O–H groups in total. The Balaban J connectivity index is 1.45. The average molecular weight is 602 g/mol. The molecular formula is C31H35F4N5O3. The highest BCUT2D eigenvalue weighted by atomic mass is 19.4. The summed E-state index contributed by atoms with van der Waals surface area (Å²) in [5.74, 6) is -0.991. The van der Waals surface area contributed by atoms with E-state index < -0.39 is 41.8 Å². The topological polar surface area (TPSA) is 102 Å². The van der Waals surface area contributed by atoms with Gasteiger partial charge in [-0.3, -0.25) is 14.9 Å². The van der Waals surface area contributed by atoms with Gasteiger partial charge in [-0.1, -0.05) is 12.1 Å². The third-order valence-electron chi connectivity index (χ3n) is 8.19. The number of hydrogen-bond acceptors (Lipinski definition) is 6. The summed E-state index contributed by atoms with van der Waals surface area (Å²) in [4.78, 5) is 30.3. The van der Waals surface area contributed by atoms with E-state index in [9.17, 15) is 32.4 Å². The van der Waals surface area contributed by atoms with Crippen molar-refractivity contribution in [3.8, 4) is 6.07 Å². The molecule has 3 aromatic rings. The van der Waals surface area contributed by atoms with Gasteiger partial charge in [0.25, 0.3) is 5.91 Å². The quantitative estimate of drug-likeness (QED) is 0.343. The predicted molar refractivity (Wildman–Crippen MR) is 153 cm³/mol. The molecule has 2 aliphatic rings. The van der Waals surface area contributed by atoms with Crippen molar-refractivity contribution in [2.45, 2.75) is 75.5 Å². The number of halogens is 4. The molecule has 1 aliphatic carbocycles. The summed E-state index contributed by atoms with van der Waals surface area (Å²) in [6, 6.07) is 7.12. The van der Waals surface area contributed by atoms with E-state index in [0.717, 1.165) is 13.1 Å². The van der Waals surface area contributed by atoms with E-state index in [4.69, 9.17) is 4.42 Å². The maximum absolute atomic E-state index is 14.6. The van der Waals surface area contributed by atoms with E-state index in [1.165, 1.54) is 32.0 Å². The molecule has 0 spiro atoms. The Bertz CT molecular complexity index is 1580. The molecule has 8 nitrogen and oxygen atoms in total. The monoisotopic (exact) mass is 601 g/mol. The van der Waals surface area contributed by atoms with E-state index in [1.54, 1.807) is 18.2 Å². The largest absolute Gasteiger partial charge is 0.456 e. The van der Waals surface area contributed by atoms with Gasteiger partial charge in [-0.05, 0) is 70.5 Å². The van der Waals surface area contributed by atoms with Crippen LogP contribution in [0.25, 0.3) is 21.9 Å². The third kappa shape index (κ3) is 6.63. The Morgan fingerprint density at radius 1 is 1.09 bits per heavy atom. The van der Waals surface area contributed by atoms with E-state index in [1.807, 2.05) is 24.9 Å². The molecule has 5 rings (SSSR count). The SMILES string of the molecule is C[C@H]1CN(C)CCN1C(=O)c1ccc2oc3cc([C@H](N[C@@H](CC(C)(C)F)C(=O)NC4(C#N)CC4)C(F)(F)F)ccc3c2c1. The van der Waals surface area contributed by atoms with Crippen LogP contribution in [0.4, 0.5) is 17.6 Å². The van der Waals surface area contributed by atoms with Crippen LogP contribution in [0, 0.1) is 11.3 Å². The molecule has 1 saturated carbocycles. The Hall–Kier alpha value is -3.69. The van der Waals surface area contributed by atoms with Gasteiger partial charge in [-0.25, -0.2) is 4.39 Å². The molecule has 43 heavy (non-hydrogen) atoms. The second-order valence-electron chi connectivity index (χ2n) is 12.5. The molecule has 2 fully saturated rings. The van der Waals surface area contributed by atoms with Gasteiger partial charge in [0.05, 0.1) is 12.1 Å². The lowest BCUT2D eigenvalue weighted by atomic mass is 9.96. The molecule has 12 heteroatoms. The van der Waals surface area contributed by atoms with Crippen LogP contribution in [0.5, 0.6) is 0 Å². The van der Waals surface area contributed by atoms with Crippen molar-refractivity contribution in [2.24, 2.45) is 0 Å². The lowest BCUT2D eigenvalue weighted by molar-refractivity contribution is -0.161. The zero-order valence-corrected chi connectivity index (χ0v) is 24.5. The number of furan rings is 1. The van der Waals surface area contributed by atoms with Crippen molar-refractivity contribution in [3.05, 3.63) is 47.5 Å². The van der Waals surface area contributed by atoms with Gasteiger partial charge in [0.2, 0.25) is 5.91 Å². The smallest absolute Gasteiger partial charge is 0.407 e. The van der Waals surface area contributed by atoms with E-state index in [0.29, 0.717) is 41.3 Å². The average Bonchev–Trinajstić information content (AvgIpc) is 3.59. The Kier molecular flexibility index (Phi) is 7.94. The van der Waals surface area contributed by atoms with Crippen molar-refractivity contribution < 1.29 is 31.6 Å². The first kappa shape index (κ1) is 30.8. The molecule has 0 bridgehead atoms. The summed E-state index contributed by atoms with van der Waals surface area (Å²) < 4.78 is 63.9. The standard InChI is InChI=1S/C31H35F4N5O3/c1-18-16-39(4)11-12-40(18)28(42)20-6-8-24-22(13-20)21-7-5-19(14-25(21)43-24)26(31(33,34)35)37-23(15-29(2,3)32)27(41)38-30(17-36)9-10-30/h5-8,13-14,18,23,26,37H,9-12,15-16H2,1-4H3,(H,38,41)/t18-,23-,26-/m0/s1. The second kappa shape index (κ2) is 11.1. The van der Waals surface area contributed by atoms with Crippen LogP contribution < -0.4 is 10.6 Å². The fraction of sp³-hybridized carbons (Fsp3) is 0.516. The van der Waals surface area contributed by atoms with Crippen LogP contribution in [-0.4, -0.2) is 77.8 Å². The van der Waals surface area contributed by atoms with Crippen LogP contribution in [-0.2, 0) is 4.79 Å². The molecule has 0 unspecified atom stereocenters. The number of nitrogens with one attached hydrogen (secondary N) is 2. The summed E-state index contributed by atoms with van der Waals surface area (Å²) in [6.45, 7) is 6.45. The third-order valence-corrected chi connectivity index (χ3v) is 8.19. The molecule has 3 atom stereocenters. The van der Waals surface area contributed by atoms with Crippen LogP contribution in [0.15, 0.2) is 40.8 Å². The number of likely N-dealkylation sites (N-methyl/N-ethyl adjacent to an activating group) is 1. The number of piperazine rings is 1. The normalized spacial score (nSPS) is 20.5. The highest BCUT2D eigenvalue weighted by Gasteiger charge is 2.48. The van der Waals surface area contributed by atoms with Gasteiger partial charge in [-0.2, -0.15) is 18.4 Å². The number of hydrogen-bond donors (Lipinski definition) is 2. The summed E-state index contributed by atoms with van der Waals surface area (Å²) in [7, 11) is 2.00. The molecule has 2 amide bonds.